The molecule has 0 amide bonds. The van der Waals surface area contributed by atoms with Crippen LogP contribution in [-0.4, -0.2) is 78.1 Å². The van der Waals surface area contributed by atoms with E-state index < -0.39 is 0 Å². The van der Waals surface area contributed by atoms with Crippen LogP contribution < -0.4 is 15.4 Å². The molecule has 7 heteroatoms. The first-order chi connectivity index (χ1) is 14.6. The van der Waals surface area contributed by atoms with Crippen molar-refractivity contribution in [3.8, 4) is 5.75 Å². The van der Waals surface area contributed by atoms with E-state index in [1.54, 1.807) is 7.11 Å². The molecule has 0 saturated carbocycles. The van der Waals surface area contributed by atoms with Crippen LogP contribution in [0.5, 0.6) is 5.75 Å². The summed E-state index contributed by atoms with van der Waals surface area (Å²) in [5.74, 6) is 2.37. The van der Waals surface area contributed by atoms with Crippen molar-refractivity contribution in [1.82, 2.24) is 15.5 Å². The third-order valence-corrected chi connectivity index (χ3v) is 5.32. The number of ether oxygens (including phenoxy) is 3. The summed E-state index contributed by atoms with van der Waals surface area (Å²) in [4.78, 5) is 7.00. The average molecular weight is 421 g/mol. The predicted molar refractivity (Wildman–Crippen MR) is 122 cm³/mol. The van der Waals surface area contributed by atoms with Crippen molar-refractivity contribution in [2.24, 2.45) is 10.9 Å². The van der Waals surface area contributed by atoms with Gasteiger partial charge in [0, 0.05) is 39.5 Å². The molecule has 2 N–H and O–H groups in total. The van der Waals surface area contributed by atoms with Crippen LogP contribution in [0.3, 0.4) is 0 Å². The number of hydrogen-bond acceptors (Lipinski definition) is 5. The number of benzene rings is 1. The minimum absolute atomic E-state index is 0.179. The van der Waals surface area contributed by atoms with Crippen molar-refractivity contribution in [1.29, 1.82) is 0 Å². The van der Waals surface area contributed by atoms with E-state index in [0.29, 0.717) is 12.5 Å². The second-order valence-electron chi connectivity index (χ2n) is 7.89. The predicted octanol–water partition coefficient (Wildman–Crippen LogP) is 2.69. The molecule has 1 fully saturated rings. The Labute approximate surface area is 182 Å². The van der Waals surface area contributed by atoms with Gasteiger partial charge in [-0.2, -0.15) is 0 Å². The molecule has 1 aliphatic rings. The molecule has 0 bridgehead atoms. The quantitative estimate of drug-likeness (QED) is 0.308. The second kappa shape index (κ2) is 14.2. The maximum Gasteiger partial charge on any atom is 0.191 e. The van der Waals surface area contributed by atoms with Crippen LogP contribution in [0.4, 0.5) is 0 Å². The summed E-state index contributed by atoms with van der Waals surface area (Å²) in [5.41, 5.74) is 1.19. The molecule has 1 aromatic rings. The molecule has 0 radical (unpaired) electrons. The molecule has 2 rings (SSSR count). The van der Waals surface area contributed by atoms with E-state index in [2.05, 4.69) is 48.7 Å². The van der Waals surface area contributed by atoms with E-state index in [1.165, 1.54) is 5.56 Å². The van der Waals surface area contributed by atoms with Gasteiger partial charge in [0.2, 0.25) is 0 Å². The number of nitrogens with zero attached hydrogens (tertiary/aromatic N) is 2. The van der Waals surface area contributed by atoms with Gasteiger partial charge < -0.3 is 29.7 Å². The van der Waals surface area contributed by atoms with Crippen molar-refractivity contribution < 1.29 is 14.2 Å². The SMILES string of the molecule is CCNC(=NCC(c1cccc(OC)c1)N(C)C)NCCCOCC1CCOCC1. The lowest BCUT2D eigenvalue weighted by atomic mass is 10.0. The third kappa shape index (κ3) is 8.90. The molecule has 1 atom stereocenters. The van der Waals surface area contributed by atoms with Gasteiger partial charge in [-0.1, -0.05) is 12.1 Å². The fourth-order valence-corrected chi connectivity index (χ4v) is 3.48. The normalized spacial score (nSPS) is 16.5. The molecule has 1 heterocycles. The molecule has 0 aromatic heterocycles. The Morgan fingerprint density at radius 3 is 2.77 bits per heavy atom. The molecule has 0 aliphatic carbocycles. The lowest BCUT2D eigenvalue weighted by molar-refractivity contribution is 0.0203. The number of methoxy groups -OCH3 is 1. The number of likely N-dealkylation sites (N-methyl/N-ethyl adjacent to an activating group) is 1. The first kappa shape index (κ1) is 24.4. The Hall–Kier alpha value is -1.83. The number of aliphatic imine (C=N–C) groups is 1. The zero-order chi connectivity index (χ0) is 21.6. The monoisotopic (exact) mass is 420 g/mol. The van der Waals surface area contributed by atoms with Gasteiger partial charge in [0.1, 0.15) is 5.75 Å². The van der Waals surface area contributed by atoms with E-state index in [-0.39, 0.29) is 6.04 Å². The average Bonchev–Trinajstić information content (AvgIpc) is 2.76. The Morgan fingerprint density at radius 1 is 1.27 bits per heavy atom. The summed E-state index contributed by atoms with van der Waals surface area (Å²) >= 11 is 0. The van der Waals surface area contributed by atoms with Crippen LogP contribution in [0.2, 0.25) is 0 Å². The first-order valence-electron chi connectivity index (χ1n) is 11.1. The zero-order valence-electron chi connectivity index (χ0n) is 19.2. The number of rotatable bonds is 12. The Bertz CT molecular complexity index is 618. The zero-order valence-corrected chi connectivity index (χ0v) is 19.2. The van der Waals surface area contributed by atoms with Gasteiger partial charge in [-0.3, -0.25) is 4.99 Å². The van der Waals surface area contributed by atoms with Gasteiger partial charge in [-0.15, -0.1) is 0 Å². The minimum atomic E-state index is 0.179. The largest absolute Gasteiger partial charge is 0.497 e. The lowest BCUT2D eigenvalue weighted by Crippen LogP contribution is -2.38. The molecule has 0 spiro atoms. The summed E-state index contributed by atoms with van der Waals surface area (Å²) in [6.45, 7) is 7.79. The highest BCUT2D eigenvalue weighted by atomic mass is 16.5. The van der Waals surface area contributed by atoms with Gasteiger partial charge >= 0.3 is 0 Å². The van der Waals surface area contributed by atoms with Gasteiger partial charge in [0.05, 0.1) is 19.7 Å². The Morgan fingerprint density at radius 2 is 2.07 bits per heavy atom. The number of guanidine groups is 1. The lowest BCUT2D eigenvalue weighted by Gasteiger charge is -2.24. The molecule has 1 aromatic carbocycles. The maximum absolute atomic E-state index is 5.85. The Balaban J connectivity index is 1.78. The summed E-state index contributed by atoms with van der Waals surface area (Å²) < 4.78 is 16.6. The van der Waals surface area contributed by atoms with E-state index in [4.69, 9.17) is 19.2 Å². The molecular weight excluding hydrogens is 380 g/mol. The highest BCUT2D eigenvalue weighted by Crippen LogP contribution is 2.23. The topological polar surface area (TPSA) is 67.4 Å². The highest BCUT2D eigenvalue weighted by Gasteiger charge is 2.15. The van der Waals surface area contributed by atoms with Crippen LogP contribution in [0.1, 0.15) is 37.8 Å². The smallest absolute Gasteiger partial charge is 0.191 e. The van der Waals surface area contributed by atoms with E-state index in [1.807, 2.05) is 12.1 Å². The first-order valence-corrected chi connectivity index (χ1v) is 11.1. The van der Waals surface area contributed by atoms with Gasteiger partial charge in [0.15, 0.2) is 5.96 Å². The van der Waals surface area contributed by atoms with E-state index >= 15 is 0 Å². The molecule has 30 heavy (non-hydrogen) atoms. The van der Waals surface area contributed by atoms with Gasteiger partial charge in [-0.25, -0.2) is 0 Å². The fourth-order valence-electron chi connectivity index (χ4n) is 3.48. The van der Waals surface area contributed by atoms with Crippen LogP contribution >= 0.6 is 0 Å². The number of hydrogen-bond donors (Lipinski definition) is 2. The van der Waals surface area contributed by atoms with Crippen LogP contribution in [-0.2, 0) is 9.47 Å². The van der Waals surface area contributed by atoms with E-state index in [0.717, 1.165) is 70.5 Å². The minimum Gasteiger partial charge on any atom is -0.497 e. The van der Waals surface area contributed by atoms with Crippen LogP contribution in [0.25, 0.3) is 0 Å². The van der Waals surface area contributed by atoms with Crippen molar-refractivity contribution >= 4 is 5.96 Å². The summed E-state index contributed by atoms with van der Waals surface area (Å²) in [6.07, 6.45) is 3.20. The summed E-state index contributed by atoms with van der Waals surface area (Å²) in [5, 5.41) is 6.76. The molecule has 1 saturated heterocycles. The second-order valence-corrected chi connectivity index (χ2v) is 7.89. The van der Waals surface area contributed by atoms with Gasteiger partial charge in [0.25, 0.3) is 0 Å². The van der Waals surface area contributed by atoms with Gasteiger partial charge in [-0.05, 0) is 63.9 Å². The van der Waals surface area contributed by atoms with Crippen molar-refractivity contribution in [2.45, 2.75) is 32.2 Å². The van der Waals surface area contributed by atoms with E-state index in [9.17, 15) is 0 Å². The molecule has 1 aliphatic heterocycles. The number of nitrogens with one attached hydrogen (secondary N) is 2. The van der Waals surface area contributed by atoms with Crippen molar-refractivity contribution in [3.63, 3.8) is 0 Å². The van der Waals surface area contributed by atoms with Crippen molar-refractivity contribution in [2.75, 3.05) is 67.3 Å². The highest BCUT2D eigenvalue weighted by molar-refractivity contribution is 5.79. The standard InChI is InChI=1S/C23H40N4O3/c1-5-24-23(25-12-7-13-30-18-19-10-14-29-15-11-19)26-17-22(27(2)3)20-8-6-9-21(16-20)28-4/h6,8-9,16,19,22H,5,7,10-15,17-18H2,1-4H3,(H2,24,25,26). The summed E-state index contributed by atoms with van der Waals surface area (Å²) in [7, 11) is 5.86. The third-order valence-electron chi connectivity index (χ3n) is 5.32. The molecule has 170 valence electrons. The van der Waals surface area contributed by atoms with Crippen LogP contribution in [0.15, 0.2) is 29.3 Å². The molecule has 1 unspecified atom stereocenters. The molecule has 7 nitrogen and oxygen atoms in total. The fraction of sp³-hybridized carbons (Fsp3) is 0.696. The maximum atomic E-state index is 5.85. The van der Waals surface area contributed by atoms with Crippen molar-refractivity contribution in [3.05, 3.63) is 29.8 Å². The molecular formula is C23H40N4O3. The Kier molecular flexibility index (Phi) is 11.6. The van der Waals surface area contributed by atoms with Crippen LogP contribution in [0, 0.1) is 5.92 Å². The summed E-state index contributed by atoms with van der Waals surface area (Å²) in [6, 6.07) is 8.38.